The fourth-order valence-corrected chi connectivity index (χ4v) is 2.75. The molecule has 2 aromatic carbocycles. The van der Waals surface area contributed by atoms with Gasteiger partial charge in [-0.15, -0.1) is 0 Å². The number of hydrogen-bond acceptors (Lipinski definition) is 9. The number of ether oxygens (including phenoxy) is 5. The molecule has 0 aliphatic carbocycles. The van der Waals surface area contributed by atoms with Crippen LogP contribution in [-0.4, -0.2) is 51.3 Å². The summed E-state index contributed by atoms with van der Waals surface area (Å²) < 4.78 is 26.0. The molecule has 176 valence electrons. The highest BCUT2D eigenvalue weighted by Crippen LogP contribution is 2.35. The number of benzene rings is 2. The van der Waals surface area contributed by atoms with Crippen molar-refractivity contribution in [3.8, 4) is 23.0 Å². The van der Waals surface area contributed by atoms with Crippen LogP contribution in [0.2, 0.25) is 0 Å². The number of nitro groups is 1. The van der Waals surface area contributed by atoms with E-state index in [1.807, 2.05) is 0 Å². The van der Waals surface area contributed by atoms with Crippen LogP contribution < -0.4 is 24.3 Å². The van der Waals surface area contributed by atoms with Gasteiger partial charge in [0.25, 0.3) is 11.6 Å². The molecule has 0 aliphatic heterocycles. The molecule has 1 atom stereocenters. The van der Waals surface area contributed by atoms with Gasteiger partial charge in [-0.2, -0.15) is 0 Å². The molecule has 1 N–H and O–H groups in total. The smallest absolute Gasteiger partial charge is 0.331 e. The molecule has 0 fully saturated rings. The van der Waals surface area contributed by atoms with E-state index in [0.29, 0.717) is 22.8 Å². The average Bonchev–Trinajstić information content (AvgIpc) is 2.81. The van der Waals surface area contributed by atoms with Crippen molar-refractivity contribution in [2.45, 2.75) is 13.0 Å². The van der Waals surface area contributed by atoms with Gasteiger partial charge in [0.05, 0.1) is 39.0 Å². The van der Waals surface area contributed by atoms with Gasteiger partial charge in [0, 0.05) is 29.8 Å². The van der Waals surface area contributed by atoms with Crippen molar-refractivity contribution in [3.05, 3.63) is 52.1 Å². The van der Waals surface area contributed by atoms with Crippen molar-refractivity contribution >= 4 is 29.3 Å². The summed E-state index contributed by atoms with van der Waals surface area (Å²) in [6.45, 7) is 1.36. The molecule has 11 heteroatoms. The van der Waals surface area contributed by atoms with Gasteiger partial charge in [-0.3, -0.25) is 14.9 Å². The number of esters is 1. The maximum atomic E-state index is 12.4. The summed E-state index contributed by atoms with van der Waals surface area (Å²) >= 11 is 0. The predicted molar refractivity (Wildman–Crippen MR) is 119 cm³/mol. The van der Waals surface area contributed by atoms with Gasteiger partial charge < -0.3 is 29.0 Å². The number of methoxy groups -OCH3 is 4. The Morgan fingerprint density at radius 2 is 1.55 bits per heavy atom. The van der Waals surface area contributed by atoms with Crippen molar-refractivity contribution in [3.63, 3.8) is 0 Å². The van der Waals surface area contributed by atoms with Crippen LogP contribution >= 0.6 is 0 Å². The van der Waals surface area contributed by atoms with E-state index in [1.165, 1.54) is 53.6 Å². The summed E-state index contributed by atoms with van der Waals surface area (Å²) in [6, 6.07) is 6.96. The first-order valence-electron chi connectivity index (χ1n) is 9.56. The van der Waals surface area contributed by atoms with Crippen LogP contribution in [-0.2, 0) is 14.3 Å². The van der Waals surface area contributed by atoms with Crippen molar-refractivity contribution < 1.29 is 38.2 Å². The Morgan fingerprint density at radius 1 is 0.939 bits per heavy atom. The van der Waals surface area contributed by atoms with E-state index in [1.54, 1.807) is 12.1 Å². The highest BCUT2D eigenvalue weighted by atomic mass is 16.6. The fourth-order valence-electron chi connectivity index (χ4n) is 2.75. The summed E-state index contributed by atoms with van der Waals surface area (Å²) in [5.74, 6) is 0.0498. The molecule has 0 heterocycles. The summed E-state index contributed by atoms with van der Waals surface area (Å²) in [6.07, 6.45) is 1.37. The van der Waals surface area contributed by atoms with Crippen LogP contribution in [0.5, 0.6) is 23.0 Å². The molecule has 2 aromatic rings. The Labute approximate surface area is 190 Å². The van der Waals surface area contributed by atoms with Gasteiger partial charge in [0.2, 0.25) is 0 Å². The Kier molecular flexibility index (Phi) is 8.61. The number of amides is 1. The van der Waals surface area contributed by atoms with Crippen LogP contribution in [0.15, 0.2) is 36.4 Å². The van der Waals surface area contributed by atoms with E-state index in [2.05, 4.69) is 5.32 Å². The number of rotatable bonds is 10. The molecule has 1 amide bonds. The zero-order valence-electron chi connectivity index (χ0n) is 18.7. The molecule has 11 nitrogen and oxygen atoms in total. The zero-order chi connectivity index (χ0) is 24.5. The van der Waals surface area contributed by atoms with E-state index in [9.17, 15) is 19.7 Å². The van der Waals surface area contributed by atoms with Gasteiger partial charge in [-0.1, -0.05) is 0 Å². The number of carbonyl (C=O) groups excluding carboxylic acids is 2. The lowest BCUT2D eigenvalue weighted by Gasteiger charge is -2.14. The largest absolute Gasteiger partial charge is 0.496 e. The summed E-state index contributed by atoms with van der Waals surface area (Å²) in [4.78, 5) is 35.0. The van der Waals surface area contributed by atoms with Gasteiger partial charge in [-0.05, 0) is 25.1 Å². The minimum absolute atomic E-state index is 0.0743. The predicted octanol–water partition coefficient (Wildman–Crippen LogP) is 3.21. The maximum Gasteiger partial charge on any atom is 0.331 e. The standard InChI is InChI=1S/C22H24N2O9/c1-13(22(26)23-16-11-15(24(27)28)7-8-17(16)29-2)33-21(25)9-6-14-10-19(31-4)20(32-5)12-18(14)30-3/h6-13H,1-5H3,(H,23,26)/b9-6+. The molecular formula is C22H24N2O9. The fraction of sp³-hybridized carbons (Fsp3) is 0.273. The SMILES string of the molecule is COc1cc(OC)c(OC)cc1/C=C/C(=O)OC(C)C(=O)Nc1cc([N+](=O)[O-])ccc1OC. The number of nitro benzene ring substituents is 1. The van der Waals surface area contributed by atoms with Crippen molar-refractivity contribution in [2.24, 2.45) is 0 Å². The van der Waals surface area contributed by atoms with Gasteiger partial charge >= 0.3 is 5.97 Å². The number of hydrogen-bond donors (Lipinski definition) is 1. The second-order valence-electron chi connectivity index (χ2n) is 6.49. The molecule has 0 aliphatic rings. The highest BCUT2D eigenvalue weighted by Gasteiger charge is 2.20. The third-order valence-electron chi connectivity index (χ3n) is 4.45. The quantitative estimate of drug-likeness (QED) is 0.245. The van der Waals surface area contributed by atoms with Crippen LogP contribution in [0.1, 0.15) is 12.5 Å². The Morgan fingerprint density at radius 3 is 2.12 bits per heavy atom. The Hall–Kier alpha value is -4.28. The summed E-state index contributed by atoms with van der Waals surface area (Å²) in [5.41, 5.74) is 0.360. The van der Waals surface area contributed by atoms with Gasteiger partial charge in [0.1, 0.15) is 11.5 Å². The molecule has 2 rings (SSSR count). The first-order chi connectivity index (χ1) is 15.7. The lowest BCUT2D eigenvalue weighted by Crippen LogP contribution is -2.29. The Balaban J connectivity index is 2.10. The molecule has 0 saturated heterocycles. The molecule has 0 spiro atoms. The molecule has 33 heavy (non-hydrogen) atoms. The Bertz CT molecular complexity index is 1070. The third kappa shape index (κ3) is 6.35. The second kappa shape index (κ2) is 11.4. The zero-order valence-corrected chi connectivity index (χ0v) is 18.7. The summed E-state index contributed by atoms with van der Waals surface area (Å²) in [7, 11) is 5.78. The number of anilines is 1. The molecule has 0 bridgehead atoms. The van der Waals surface area contributed by atoms with Crippen LogP contribution in [0.3, 0.4) is 0 Å². The second-order valence-corrected chi connectivity index (χ2v) is 6.49. The van der Waals surface area contributed by atoms with E-state index < -0.39 is 22.9 Å². The van der Waals surface area contributed by atoms with E-state index >= 15 is 0 Å². The molecule has 0 aromatic heterocycles. The number of non-ortho nitro benzene ring substituents is 1. The van der Waals surface area contributed by atoms with Crippen molar-refractivity contribution in [2.75, 3.05) is 33.8 Å². The lowest BCUT2D eigenvalue weighted by atomic mass is 10.1. The number of nitrogens with one attached hydrogen (secondary N) is 1. The average molecular weight is 460 g/mol. The maximum absolute atomic E-state index is 12.4. The first kappa shape index (κ1) is 25.0. The number of carbonyl (C=O) groups is 2. The van der Waals surface area contributed by atoms with E-state index in [0.717, 1.165) is 12.1 Å². The van der Waals surface area contributed by atoms with Crippen LogP contribution in [0, 0.1) is 10.1 Å². The van der Waals surface area contributed by atoms with Crippen LogP contribution in [0.25, 0.3) is 6.08 Å². The van der Waals surface area contributed by atoms with E-state index in [4.69, 9.17) is 23.7 Å². The minimum atomic E-state index is -1.20. The monoisotopic (exact) mass is 460 g/mol. The van der Waals surface area contributed by atoms with Crippen molar-refractivity contribution in [1.29, 1.82) is 0 Å². The van der Waals surface area contributed by atoms with Gasteiger partial charge in [0.15, 0.2) is 17.6 Å². The first-order valence-corrected chi connectivity index (χ1v) is 9.56. The summed E-state index contributed by atoms with van der Waals surface area (Å²) in [5, 5.41) is 13.4. The normalized spacial score (nSPS) is 11.4. The van der Waals surface area contributed by atoms with E-state index in [-0.39, 0.29) is 17.1 Å². The molecule has 0 radical (unpaired) electrons. The third-order valence-corrected chi connectivity index (χ3v) is 4.45. The lowest BCUT2D eigenvalue weighted by molar-refractivity contribution is -0.384. The highest BCUT2D eigenvalue weighted by molar-refractivity contribution is 5.98. The molecule has 1 unspecified atom stereocenters. The number of nitrogens with zero attached hydrogens (tertiary/aromatic N) is 1. The van der Waals surface area contributed by atoms with Gasteiger partial charge in [-0.25, -0.2) is 4.79 Å². The minimum Gasteiger partial charge on any atom is -0.496 e. The topological polar surface area (TPSA) is 135 Å². The molecular weight excluding hydrogens is 436 g/mol. The van der Waals surface area contributed by atoms with Crippen molar-refractivity contribution in [1.82, 2.24) is 0 Å². The molecule has 0 saturated carbocycles. The van der Waals surface area contributed by atoms with Crippen LogP contribution in [0.4, 0.5) is 11.4 Å².